The number of hydrogen-bond donors (Lipinski definition) is 1. The summed E-state index contributed by atoms with van der Waals surface area (Å²) in [6.45, 7) is 6.75. The van der Waals surface area contributed by atoms with Crippen LogP contribution in [0.3, 0.4) is 0 Å². The number of nitrogens with one attached hydrogen (secondary N) is 1. The van der Waals surface area contributed by atoms with Crippen molar-refractivity contribution < 1.29 is 19.2 Å². The van der Waals surface area contributed by atoms with Crippen LogP contribution in [0, 0.1) is 10.1 Å². The molecule has 2 aromatic rings. The zero-order valence-electron chi connectivity index (χ0n) is 17.2. The van der Waals surface area contributed by atoms with Crippen molar-refractivity contribution in [2.24, 2.45) is 0 Å². The van der Waals surface area contributed by atoms with Gasteiger partial charge < -0.3 is 14.8 Å². The summed E-state index contributed by atoms with van der Waals surface area (Å²) in [7, 11) is 1.79. The Bertz CT molecular complexity index is 856. The molecule has 1 unspecified atom stereocenters. The first kappa shape index (κ1) is 22.2. The SMILES string of the molecule is CCOc1ccc(OCC)c(NC(=O)CN(C)C(C)c2cccc([N+](=O)[O-])c2)c1. The smallest absolute Gasteiger partial charge is 0.269 e. The quantitative estimate of drug-likeness (QED) is 0.477. The zero-order chi connectivity index (χ0) is 21.4. The summed E-state index contributed by atoms with van der Waals surface area (Å²) < 4.78 is 11.1. The molecule has 0 spiro atoms. The maximum Gasteiger partial charge on any atom is 0.269 e. The minimum absolute atomic E-state index is 0.0290. The molecule has 1 amide bonds. The molecule has 2 rings (SSSR count). The van der Waals surface area contributed by atoms with Gasteiger partial charge in [0, 0.05) is 24.2 Å². The Morgan fingerprint density at radius 3 is 2.55 bits per heavy atom. The van der Waals surface area contributed by atoms with Crippen molar-refractivity contribution in [3.8, 4) is 11.5 Å². The summed E-state index contributed by atoms with van der Waals surface area (Å²) in [6.07, 6.45) is 0. The fraction of sp³-hybridized carbons (Fsp3) is 0.381. The van der Waals surface area contributed by atoms with Crippen LogP contribution in [0.15, 0.2) is 42.5 Å². The van der Waals surface area contributed by atoms with E-state index < -0.39 is 4.92 Å². The highest BCUT2D eigenvalue weighted by Crippen LogP contribution is 2.30. The summed E-state index contributed by atoms with van der Waals surface area (Å²) in [5.74, 6) is 0.989. The number of carbonyl (C=O) groups is 1. The third kappa shape index (κ3) is 6.18. The molecule has 0 aromatic heterocycles. The van der Waals surface area contributed by atoms with Gasteiger partial charge in [-0.2, -0.15) is 0 Å². The minimum atomic E-state index is -0.427. The van der Waals surface area contributed by atoms with Crippen molar-refractivity contribution in [1.82, 2.24) is 4.90 Å². The van der Waals surface area contributed by atoms with Crippen LogP contribution in [0.5, 0.6) is 11.5 Å². The van der Waals surface area contributed by atoms with Gasteiger partial charge in [0.2, 0.25) is 5.91 Å². The number of anilines is 1. The number of nitro benzene ring substituents is 1. The first-order valence-electron chi connectivity index (χ1n) is 9.49. The molecule has 0 radical (unpaired) electrons. The van der Waals surface area contributed by atoms with E-state index in [4.69, 9.17) is 9.47 Å². The van der Waals surface area contributed by atoms with E-state index in [9.17, 15) is 14.9 Å². The Labute approximate surface area is 170 Å². The second-order valence-corrected chi connectivity index (χ2v) is 6.52. The van der Waals surface area contributed by atoms with Gasteiger partial charge in [0.15, 0.2) is 0 Å². The summed E-state index contributed by atoms with van der Waals surface area (Å²) in [6, 6.07) is 11.5. The molecule has 1 atom stereocenters. The third-order valence-corrected chi connectivity index (χ3v) is 4.45. The minimum Gasteiger partial charge on any atom is -0.494 e. The number of carbonyl (C=O) groups excluding carboxylic acids is 1. The first-order valence-corrected chi connectivity index (χ1v) is 9.49. The van der Waals surface area contributed by atoms with Crippen LogP contribution >= 0.6 is 0 Å². The van der Waals surface area contributed by atoms with Crippen LogP contribution < -0.4 is 14.8 Å². The Morgan fingerprint density at radius 2 is 1.90 bits per heavy atom. The molecule has 29 heavy (non-hydrogen) atoms. The number of nitrogens with zero attached hydrogens (tertiary/aromatic N) is 2. The molecule has 0 aliphatic rings. The fourth-order valence-corrected chi connectivity index (χ4v) is 2.85. The molecular formula is C21H27N3O5. The van der Waals surface area contributed by atoms with Crippen LogP contribution in [0.4, 0.5) is 11.4 Å². The first-order chi connectivity index (χ1) is 13.8. The van der Waals surface area contributed by atoms with E-state index >= 15 is 0 Å². The van der Waals surface area contributed by atoms with Crippen LogP contribution in [-0.2, 0) is 4.79 Å². The monoisotopic (exact) mass is 401 g/mol. The highest BCUT2D eigenvalue weighted by atomic mass is 16.6. The third-order valence-electron chi connectivity index (χ3n) is 4.45. The lowest BCUT2D eigenvalue weighted by atomic mass is 10.1. The number of likely N-dealkylation sites (N-methyl/N-ethyl adjacent to an activating group) is 1. The molecule has 0 aliphatic heterocycles. The number of amides is 1. The average molecular weight is 401 g/mol. The molecule has 0 bridgehead atoms. The van der Waals surface area contributed by atoms with E-state index in [-0.39, 0.29) is 24.2 Å². The van der Waals surface area contributed by atoms with Crippen LogP contribution in [0.25, 0.3) is 0 Å². The molecule has 0 saturated carbocycles. The maximum absolute atomic E-state index is 12.6. The Morgan fingerprint density at radius 1 is 1.17 bits per heavy atom. The lowest BCUT2D eigenvalue weighted by molar-refractivity contribution is -0.384. The predicted octanol–water partition coefficient (Wildman–Crippen LogP) is 4.02. The van der Waals surface area contributed by atoms with Crippen LogP contribution in [0.1, 0.15) is 32.4 Å². The van der Waals surface area contributed by atoms with Crippen molar-refractivity contribution in [3.63, 3.8) is 0 Å². The van der Waals surface area contributed by atoms with Gasteiger partial charge in [-0.1, -0.05) is 12.1 Å². The van der Waals surface area contributed by atoms with Crippen molar-refractivity contribution in [3.05, 3.63) is 58.1 Å². The van der Waals surface area contributed by atoms with E-state index in [1.165, 1.54) is 12.1 Å². The van der Waals surface area contributed by atoms with Gasteiger partial charge in [-0.15, -0.1) is 0 Å². The fourth-order valence-electron chi connectivity index (χ4n) is 2.85. The summed E-state index contributed by atoms with van der Waals surface area (Å²) >= 11 is 0. The Balaban J connectivity index is 2.08. The molecule has 2 aromatic carbocycles. The molecule has 0 heterocycles. The number of rotatable bonds is 10. The molecular weight excluding hydrogens is 374 g/mol. The lowest BCUT2D eigenvalue weighted by Gasteiger charge is -2.24. The van der Waals surface area contributed by atoms with Crippen molar-refractivity contribution in [2.75, 3.05) is 32.1 Å². The van der Waals surface area contributed by atoms with Gasteiger partial charge in [0.25, 0.3) is 5.69 Å². The number of benzene rings is 2. The molecule has 8 nitrogen and oxygen atoms in total. The van der Waals surface area contributed by atoms with Crippen molar-refractivity contribution >= 4 is 17.3 Å². The normalized spacial score (nSPS) is 11.8. The molecule has 0 saturated heterocycles. The molecule has 1 N–H and O–H groups in total. The van der Waals surface area contributed by atoms with Gasteiger partial charge in [-0.25, -0.2) is 0 Å². The molecule has 156 valence electrons. The second-order valence-electron chi connectivity index (χ2n) is 6.52. The number of hydrogen-bond acceptors (Lipinski definition) is 6. The summed E-state index contributed by atoms with van der Waals surface area (Å²) in [5, 5.41) is 13.9. The second kappa shape index (κ2) is 10.4. The van der Waals surface area contributed by atoms with E-state index in [2.05, 4.69) is 5.32 Å². The lowest BCUT2D eigenvalue weighted by Crippen LogP contribution is -2.32. The van der Waals surface area contributed by atoms with Crippen molar-refractivity contribution in [2.45, 2.75) is 26.8 Å². The topological polar surface area (TPSA) is 93.9 Å². The average Bonchev–Trinajstić information content (AvgIpc) is 2.69. The number of non-ortho nitro benzene ring substituents is 1. The molecule has 0 aliphatic carbocycles. The number of nitro groups is 1. The largest absolute Gasteiger partial charge is 0.494 e. The predicted molar refractivity (Wildman–Crippen MR) is 112 cm³/mol. The summed E-state index contributed by atoms with van der Waals surface area (Å²) in [5.41, 5.74) is 1.34. The Hall–Kier alpha value is -3.13. The Kier molecular flexibility index (Phi) is 7.97. The maximum atomic E-state index is 12.6. The van der Waals surface area contributed by atoms with E-state index in [1.807, 2.05) is 31.7 Å². The van der Waals surface area contributed by atoms with Gasteiger partial charge in [0.1, 0.15) is 11.5 Å². The molecule has 0 fully saturated rings. The van der Waals surface area contributed by atoms with Gasteiger partial charge in [-0.05, 0) is 45.5 Å². The highest BCUT2D eigenvalue weighted by molar-refractivity contribution is 5.94. The van der Waals surface area contributed by atoms with Crippen LogP contribution in [-0.4, -0.2) is 42.5 Å². The highest BCUT2D eigenvalue weighted by Gasteiger charge is 2.18. The van der Waals surface area contributed by atoms with E-state index in [1.54, 1.807) is 31.3 Å². The zero-order valence-corrected chi connectivity index (χ0v) is 17.2. The van der Waals surface area contributed by atoms with Crippen LogP contribution in [0.2, 0.25) is 0 Å². The number of ether oxygens (including phenoxy) is 2. The van der Waals surface area contributed by atoms with E-state index in [0.29, 0.717) is 30.4 Å². The van der Waals surface area contributed by atoms with E-state index in [0.717, 1.165) is 5.56 Å². The standard InChI is InChI=1S/C21H27N3O5/c1-5-28-18-10-11-20(29-6-2)19(13-18)22-21(25)14-23(4)15(3)16-8-7-9-17(12-16)24(26)27/h7-13,15H,5-6,14H2,1-4H3,(H,22,25). The van der Waals surface area contributed by atoms with Crippen molar-refractivity contribution in [1.29, 1.82) is 0 Å². The van der Waals surface area contributed by atoms with Gasteiger partial charge in [0.05, 0.1) is 30.4 Å². The summed E-state index contributed by atoms with van der Waals surface area (Å²) in [4.78, 5) is 25.0. The van der Waals surface area contributed by atoms with Gasteiger partial charge >= 0.3 is 0 Å². The molecule has 8 heteroatoms. The van der Waals surface area contributed by atoms with Gasteiger partial charge in [-0.3, -0.25) is 19.8 Å².